The zero-order valence-electron chi connectivity index (χ0n) is 8.72. The van der Waals surface area contributed by atoms with Gasteiger partial charge in [-0.3, -0.25) is 0 Å². The summed E-state index contributed by atoms with van der Waals surface area (Å²) in [4.78, 5) is 0. The van der Waals surface area contributed by atoms with E-state index >= 15 is 0 Å². The fourth-order valence-corrected chi connectivity index (χ4v) is 0.890. The van der Waals surface area contributed by atoms with E-state index in [0.29, 0.717) is 0 Å². The van der Waals surface area contributed by atoms with Gasteiger partial charge in [-0.2, -0.15) is 0 Å². The molecule has 1 atom stereocenters. The van der Waals surface area contributed by atoms with Crippen LogP contribution in [0.1, 0.15) is 6.92 Å². The molecule has 0 aliphatic carbocycles. The summed E-state index contributed by atoms with van der Waals surface area (Å²) in [6.45, 7) is 0.783. The molecule has 0 saturated heterocycles. The van der Waals surface area contributed by atoms with Gasteiger partial charge in [-0.05, 0) is 0 Å². The van der Waals surface area contributed by atoms with Crippen LogP contribution in [0.3, 0.4) is 0 Å². The first-order valence-electron chi connectivity index (χ1n) is 4.60. The second-order valence-electron chi connectivity index (χ2n) is 3.56. The molecular formula is C8H19N3O4. The van der Waals surface area contributed by atoms with Crippen molar-refractivity contribution in [3.63, 3.8) is 0 Å². The normalized spacial score (nSPS) is 15.3. The second kappa shape index (κ2) is 6.57. The Morgan fingerprint density at radius 2 is 1.80 bits per heavy atom. The number of aliphatic hydroxyl groups is 3. The third-order valence-corrected chi connectivity index (χ3v) is 2.31. The average molecular weight is 221 g/mol. The summed E-state index contributed by atoms with van der Waals surface area (Å²) in [5.74, 6) is -0.218. The smallest absolute Gasteiger partial charge is 0.143 e. The molecule has 0 aromatic heterocycles. The molecule has 0 aliphatic rings. The molecule has 0 aromatic rings. The van der Waals surface area contributed by atoms with E-state index in [1.165, 1.54) is 0 Å². The SMILES string of the molecule is CC(CNC(CO)(CO)CO)C(N)=NO. The van der Waals surface area contributed by atoms with Crippen molar-refractivity contribution in [3.05, 3.63) is 0 Å². The Bertz CT molecular complexity index is 198. The molecule has 0 heterocycles. The zero-order valence-corrected chi connectivity index (χ0v) is 8.72. The van der Waals surface area contributed by atoms with Crippen molar-refractivity contribution in [3.8, 4) is 0 Å². The molecule has 0 saturated carbocycles. The first-order valence-corrected chi connectivity index (χ1v) is 4.60. The van der Waals surface area contributed by atoms with Crippen LogP contribution in [0.4, 0.5) is 0 Å². The van der Waals surface area contributed by atoms with Crippen LogP contribution in [0.25, 0.3) is 0 Å². The molecule has 7 nitrogen and oxygen atoms in total. The number of nitrogens with zero attached hydrogens (tertiary/aromatic N) is 1. The van der Waals surface area contributed by atoms with Gasteiger partial charge in [0.25, 0.3) is 0 Å². The fourth-order valence-electron chi connectivity index (χ4n) is 0.890. The van der Waals surface area contributed by atoms with Crippen LogP contribution >= 0.6 is 0 Å². The van der Waals surface area contributed by atoms with E-state index in [2.05, 4.69) is 10.5 Å². The van der Waals surface area contributed by atoms with Gasteiger partial charge in [0.2, 0.25) is 0 Å². The molecule has 0 amide bonds. The van der Waals surface area contributed by atoms with Crippen LogP contribution in [-0.2, 0) is 0 Å². The maximum absolute atomic E-state index is 8.99. The standard InChI is InChI=1S/C8H19N3O4/c1-6(7(9)11-15)2-10-8(3-12,4-13)5-14/h6,10,12-15H,2-5H2,1H3,(H2,9,11). The number of nitrogens with one attached hydrogen (secondary N) is 1. The van der Waals surface area contributed by atoms with E-state index in [9.17, 15) is 0 Å². The maximum Gasteiger partial charge on any atom is 0.143 e. The van der Waals surface area contributed by atoms with Crippen LogP contribution < -0.4 is 11.1 Å². The molecule has 7 heteroatoms. The van der Waals surface area contributed by atoms with Crippen molar-refractivity contribution < 1.29 is 20.5 Å². The first-order chi connectivity index (χ1) is 7.05. The summed E-state index contributed by atoms with van der Waals surface area (Å²) in [6.07, 6.45) is 0. The molecule has 0 rings (SSSR count). The van der Waals surface area contributed by atoms with Gasteiger partial charge in [0.1, 0.15) is 5.84 Å². The van der Waals surface area contributed by atoms with Crippen molar-refractivity contribution >= 4 is 5.84 Å². The van der Waals surface area contributed by atoms with Gasteiger partial charge in [-0.25, -0.2) is 0 Å². The van der Waals surface area contributed by atoms with Crippen LogP contribution in [0, 0.1) is 5.92 Å². The monoisotopic (exact) mass is 221 g/mol. The quantitative estimate of drug-likeness (QED) is 0.124. The Morgan fingerprint density at radius 1 is 1.33 bits per heavy atom. The lowest BCUT2D eigenvalue weighted by atomic mass is 10.0. The van der Waals surface area contributed by atoms with Crippen molar-refractivity contribution in [2.24, 2.45) is 16.8 Å². The minimum atomic E-state index is -1.13. The molecule has 0 spiro atoms. The van der Waals surface area contributed by atoms with Crippen LogP contribution in [-0.4, -0.2) is 58.3 Å². The van der Waals surface area contributed by atoms with Crippen molar-refractivity contribution in [2.75, 3.05) is 26.4 Å². The third kappa shape index (κ3) is 4.00. The Hall–Kier alpha value is -0.890. The first kappa shape index (κ1) is 14.1. The largest absolute Gasteiger partial charge is 0.409 e. The number of nitrogens with two attached hydrogens (primary N) is 1. The van der Waals surface area contributed by atoms with Crippen LogP contribution in [0.2, 0.25) is 0 Å². The maximum atomic E-state index is 8.99. The predicted molar refractivity (Wildman–Crippen MR) is 54.6 cm³/mol. The number of rotatable bonds is 7. The van der Waals surface area contributed by atoms with Crippen LogP contribution in [0.5, 0.6) is 0 Å². The summed E-state index contributed by atoms with van der Waals surface area (Å²) in [5, 5.41) is 41.0. The van der Waals surface area contributed by atoms with E-state index in [1.807, 2.05) is 0 Å². The van der Waals surface area contributed by atoms with Crippen molar-refractivity contribution in [1.82, 2.24) is 5.32 Å². The van der Waals surface area contributed by atoms with Gasteiger partial charge in [-0.1, -0.05) is 12.1 Å². The van der Waals surface area contributed by atoms with Crippen molar-refractivity contribution in [2.45, 2.75) is 12.5 Å². The molecule has 15 heavy (non-hydrogen) atoms. The summed E-state index contributed by atoms with van der Waals surface area (Å²) < 4.78 is 0. The molecular weight excluding hydrogens is 202 g/mol. The van der Waals surface area contributed by atoms with E-state index in [0.717, 1.165) is 0 Å². The van der Waals surface area contributed by atoms with E-state index in [1.54, 1.807) is 6.92 Å². The van der Waals surface area contributed by atoms with E-state index < -0.39 is 25.4 Å². The fraction of sp³-hybridized carbons (Fsp3) is 0.875. The van der Waals surface area contributed by atoms with E-state index in [4.69, 9.17) is 26.3 Å². The van der Waals surface area contributed by atoms with Crippen molar-refractivity contribution in [1.29, 1.82) is 0 Å². The summed E-state index contributed by atoms with van der Waals surface area (Å²) in [5.41, 5.74) is 4.21. The Kier molecular flexibility index (Phi) is 6.18. The number of hydrogen-bond donors (Lipinski definition) is 6. The lowest BCUT2D eigenvalue weighted by Gasteiger charge is -2.30. The lowest BCUT2D eigenvalue weighted by Crippen LogP contribution is -2.56. The van der Waals surface area contributed by atoms with Crippen LogP contribution in [0.15, 0.2) is 5.16 Å². The predicted octanol–water partition coefficient (Wildman–Crippen LogP) is -2.33. The highest BCUT2D eigenvalue weighted by Gasteiger charge is 2.28. The Balaban J connectivity index is 4.22. The summed E-state index contributed by atoms with van der Waals surface area (Å²) >= 11 is 0. The number of oxime groups is 1. The third-order valence-electron chi connectivity index (χ3n) is 2.31. The van der Waals surface area contributed by atoms with Gasteiger partial charge in [0.05, 0.1) is 25.4 Å². The van der Waals surface area contributed by atoms with Gasteiger partial charge in [0, 0.05) is 12.5 Å². The highest BCUT2D eigenvalue weighted by molar-refractivity contribution is 5.82. The topological polar surface area (TPSA) is 131 Å². The average Bonchev–Trinajstić information content (AvgIpc) is 2.30. The van der Waals surface area contributed by atoms with Gasteiger partial charge < -0.3 is 31.6 Å². The van der Waals surface area contributed by atoms with Gasteiger partial charge in [-0.15, -0.1) is 0 Å². The molecule has 0 fully saturated rings. The number of amidine groups is 1. The van der Waals surface area contributed by atoms with Gasteiger partial charge in [0.15, 0.2) is 0 Å². The highest BCUT2D eigenvalue weighted by atomic mass is 16.4. The van der Waals surface area contributed by atoms with Gasteiger partial charge >= 0.3 is 0 Å². The van der Waals surface area contributed by atoms with E-state index in [-0.39, 0.29) is 18.3 Å². The second-order valence-corrected chi connectivity index (χ2v) is 3.56. The minimum Gasteiger partial charge on any atom is -0.409 e. The zero-order chi connectivity index (χ0) is 11.9. The lowest BCUT2D eigenvalue weighted by molar-refractivity contribution is 0.0417. The number of aliphatic hydroxyl groups excluding tert-OH is 3. The molecule has 0 aliphatic heterocycles. The summed E-state index contributed by atoms with van der Waals surface area (Å²) in [7, 11) is 0. The molecule has 7 N–H and O–H groups in total. The minimum absolute atomic E-state index is 0.0465. The summed E-state index contributed by atoms with van der Waals surface area (Å²) in [6, 6.07) is 0. The molecule has 0 radical (unpaired) electrons. The molecule has 0 aromatic carbocycles. The Morgan fingerprint density at radius 3 is 2.13 bits per heavy atom. The molecule has 90 valence electrons. The highest BCUT2D eigenvalue weighted by Crippen LogP contribution is 2.03. The molecule has 1 unspecified atom stereocenters. The number of hydrogen-bond acceptors (Lipinski definition) is 6. The molecule has 0 bridgehead atoms. The Labute approximate surface area is 88.2 Å².